The van der Waals surface area contributed by atoms with Crippen molar-refractivity contribution >= 4 is 5.97 Å². The number of rotatable bonds is 7. The molecular formula is C18H28O3. The third-order valence-corrected chi connectivity index (χ3v) is 3.73. The molecule has 0 bridgehead atoms. The molecule has 21 heavy (non-hydrogen) atoms. The summed E-state index contributed by atoms with van der Waals surface area (Å²) in [6.45, 7) is 10.7. The van der Waals surface area contributed by atoms with Crippen LogP contribution in [-0.2, 0) is 10.2 Å². The predicted octanol–water partition coefficient (Wildman–Crippen LogP) is 4.64. The van der Waals surface area contributed by atoms with Crippen LogP contribution in [0.4, 0.5) is 0 Å². The predicted molar refractivity (Wildman–Crippen MR) is 85.9 cm³/mol. The van der Waals surface area contributed by atoms with E-state index in [4.69, 9.17) is 9.84 Å². The third-order valence-electron chi connectivity index (χ3n) is 3.73. The number of unbranched alkanes of at least 4 members (excludes halogenated alkanes) is 1. The number of carbonyl (C=O) groups is 1. The highest BCUT2D eigenvalue weighted by molar-refractivity contribution is 5.73. The Balaban J connectivity index is 2.46. The molecule has 0 aliphatic carbocycles. The van der Waals surface area contributed by atoms with E-state index in [0.29, 0.717) is 13.0 Å². The number of aliphatic carboxylic acids is 1. The highest BCUT2D eigenvalue weighted by atomic mass is 16.5. The van der Waals surface area contributed by atoms with Crippen LogP contribution in [-0.4, -0.2) is 17.7 Å². The normalized spacial score (nSPS) is 12.2. The molecule has 118 valence electrons. The molecule has 1 aromatic rings. The SMILES string of the molecule is CC(C)(CCCCOc1ccccc1C(C)(C)C)C(=O)O. The van der Waals surface area contributed by atoms with E-state index in [1.54, 1.807) is 13.8 Å². The van der Waals surface area contributed by atoms with Crippen LogP contribution in [0.3, 0.4) is 0 Å². The molecule has 0 radical (unpaired) electrons. The van der Waals surface area contributed by atoms with Gasteiger partial charge in [-0.25, -0.2) is 0 Å². The van der Waals surface area contributed by atoms with Gasteiger partial charge >= 0.3 is 5.97 Å². The minimum absolute atomic E-state index is 0.0574. The van der Waals surface area contributed by atoms with Gasteiger partial charge in [0.15, 0.2) is 0 Å². The van der Waals surface area contributed by atoms with Crippen LogP contribution < -0.4 is 4.74 Å². The molecule has 3 heteroatoms. The Labute approximate surface area is 128 Å². The van der Waals surface area contributed by atoms with Crippen LogP contribution in [0.2, 0.25) is 0 Å². The van der Waals surface area contributed by atoms with E-state index in [9.17, 15) is 4.79 Å². The summed E-state index contributed by atoms with van der Waals surface area (Å²) in [6, 6.07) is 8.12. The summed E-state index contributed by atoms with van der Waals surface area (Å²) in [4.78, 5) is 11.0. The number of para-hydroxylation sites is 1. The van der Waals surface area contributed by atoms with E-state index < -0.39 is 11.4 Å². The van der Waals surface area contributed by atoms with Crippen LogP contribution in [0.1, 0.15) is 59.4 Å². The molecule has 0 atom stereocenters. The van der Waals surface area contributed by atoms with Gasteiger partial charge in [-0.15, -0.1) is 0 Å². The molecule has 0 aromatic heterocycles. The molecule has 0 saturated carbocycles. The Bertz CT molecular complexity index is 470. The molecule has 0 spiro atoms. The number of carboxylic acid groups (broad SMARTS) is 1. The number of ether oxygens (including phenoxy) is 1. The Morgan fingerprint density at radius 1 is 1.10 bits per heavy atom. The summed E-state index contributed by atoms with van der Waals surface area (Å²) >= 11 is 0. The molecule has 3 nitrogen and oxygen atoms in total. The average Bonchev–Trinajstić information content (AvgIpc) is 2.37. The smallest absolute Gasteiger partial charge is 0.309 e. The quantitative estimate of drug-likeness (QED) is 0.744. The van der Waals surface area contributed by atoms with E-state index in [0.717, 1.165) is 18.6 Å². The monoisotopic (exact) mass is 292 g/mol. The van der Waals surface area contributed by atoms with E-state index >= 15 is 0 Å². The topological polar surface area (TPSA) is 46.5 Å². The fourth-order valence-electron chi connectivity index (χ4n) is 2.17. The van der Waals surface area contributed by atoms with Gasteiger partial charge in [0.1, 0.15) is 5.75 Å². The van der Waals surface area contributed by atoms with Gasteiger partial charge in [0.25, 0.3) is 0 Å². The van der Waals surface area contributed by atoms with Gasteiger partial charge < -0.3 is 9.84 Å². The van der Waals surface area contributed by atoms with Crippen molar-refractivity contribution in [1.29, 1.82) is 0 Å². The molecule has 0 amide bonds. The van der Waals surface area contributed by atoms with Crippen LogP contribution >= 0.6 is 0 Å². The third kappa shape index (κ3) is 5.41. The maximum absolute atomic E-state index is 11.0. The van der Waals surface area contributed by atoms with Crippen LogP contribution in [0.15, 0.2) is 24.3 Å². The van der Waals surface area contributed by atoms with Gasteiger partial charge in [-0.1, -0.05) is 39.0 Å². The molecule has 1 aromatic carbocycles. The molecule has 0 saturated heterocycles. The number of hydrogen-bond acceptors (Lipinski definition) is 2. The van der Waals surface area contributed by atoms with Crippen molar-refractivity contribution in [3.63, 3.8) is 0 Å². The van der Waals surface area contributed by atoms with Gasteiger partial charge in [0.05, 0.1) is 12.0 Å². The van der Waals surface area contributed by atoms with Gasteiger partial charge in [-0.05, 0) is 50.2 Å². The highest BCUT2D eigenvalue weighted by Gasteiger charge is 2.26. The second kappa shape index (κ2) is 6.97. The van der Waals surface area contributed by atoms with Gasteiger partial charge in [0.2, 0.25) is 0 Å². The van der Waals surface area contributed by atoms with Crippen molar-refractivity contribution in [2.45, 2.75) is 59.3 Å². The molecule has 0 fully saturated rings. The first-order valence-corrected chi connectivity index (χ1v) is 7.60. The maximum atomic E-state index is 11.0. The fourth-order valence-corrected chi connectivity index (χ4v) is 2.17. The summed E-state index contributed by atoms with van der Waals surface area (Å²) in [5, 5.41) is 9.07. The standard InChI is InChI=1S/C18H28O3/c1-17(2,3)14-10-6-7-11-15(14)21-13-9-8-12-18(4,5)16(19)20/h6-7,10-11H,8-9,12-13H2,1-5H3,(H,19,20). The first-order valence-electron chi connectivity index (χ1n) is 7.60. The van der Waals surface area contributed by atoms with Crippen molar-refractivity contribution in [1.82, 2.24) is 0 Å². The molecular weight excluding hydrogens is 264 g/mol. The van der Waals surface area contributed by atoms with E-state index in [-0.39, 0.29) is 5.41 Å². The second-order valence-corrected chi connectivity index (χ2v) is 7.24. The minimum Gasteiger partial charge on any atom is -0.493 e. The van der Waals surface area contributed by atoms with Crippen LogP contribution in [0, 0.1) is 5.41 Å². The number of carboxylic acids is 1. The zero-order valence-corrected chi connectivity index (χ0v) is 13.9. The van der Waals surface area contributed by atoms with E-state index in [2.05, 4.69) is 26.8 Å². The van der Waals surface area contributed by atoms with E-state index in [1.165, 1.54) is 5.56 Å². The summed E-state index contributed by atoms with van der Waals surface area (Å²) < 4.78 is 5.89. The molecule has 1 N–H and O–H groups in total. The Hall–Kier alpha value is -1.51. The van der Waals surface area contributed by atoms with Crippen molar-refractivity contribution in [3.8, 4) is 5.75 Å². The van der Waals surface area contributed by atoms with Gasteiger partial charge in [-0.3, -0.25) is 4.79 Å². The van der Waals surface area contributed by atoms with Crippen molar-refractivity contribution in [2.75, 3.05) is 6.61 Å². The molecule has 0 aliphatic rings. The molecule has 0 aliphatic heterocycles. The molecule has 0 unspecified atom stereocenters. The Morgan fingerprint density at radius 2 is 1.71 bits per heavy atom. The van der Waals surface area contributed by atoms with E-state index in [1.807, 2.05) is 18.2 Å². The van der Waals surface area contributed by atoms with Gasteiger partial charge in [0, 0.05) is 0 Å². The minimum atomic E-state index is -0.735. The fraction of sp³-hybridized carbons (Fsp3) is 0.611. The van der Waals surface area contributed by atoms with Crippen molar-refractivity contribution in [3.05, 3.63) is 29.8 Å². The zero-order valence-electron chi connectivity index (χ0n) is 13.9. The Kier molecular flexibility index (Phi) is 5.82. The number of benzene rings is 1. The highest BCUT2D eigenvalue weighted by Crippen LogP contribution is 2.31. The molecule has 0 heterocycles. The lowest BCUT2D eigenvalue weighted by Crippen LogP contribution is -2.23. The van der Waals surface area contributed by atoms with Crippen LogP contribution in [0.25, 0.3) is 0 Å². The summed E-state index contributed by atoms with van der Waals surface area (Å²) in [6.07, 6.45) is 2.40. The van der Waals surface area contributed by atoms with Gasteiger partial charge in [-0.2, -0.15) is 0 Å². The largest absolute Gasteiger partial charge is 0.493 e. The van der Waals surface area contributed by atoms with Crippen LogP contribution in [0.5, 0.6) is 5.75 Å². The lowest BCUT2D eigenvalue weighted by atomic mass is 9.86. The van der Waals surface area contributed by atoms with Crippen molar-refractivity contribution < 1.29 is 14.6 Å². The maximum Gasteiger partial charge on any atom is 0.309 e. The lowest BCUT2D eigenvalue weighted by Gasteiger charge is -2.23. The molecule has 1 rings (SSSR count). The summed E-state index contributed by atoms with van der Waals surface area (Å²) in [7, 11) is 0. The Morgan fingerprint density at radius 3 is 2.29 bits per heavy atom. The number of hydrogen-bond donors (Lipinski definition) is 1. The first-order chi connectivity index (χ1) is 9.64. The zero-order chi connectivity index (χ0) is 16.1. The summed E-state index contributed by atoms with van der Waals surface area (Å²) in [5.41, 5.74) is 0.612. The average molecular weight is 292 g/mol. The summed E-state index contributed by atoms with van der Waals surface area (Å²) in [5.74, 6) is 0.198. The van der Waals surface area contributed by atoms with Crippen molar-refractivity contribution in [2.24, 2.45) is 5.41 Å². The second-order valence-electron chi connectivity index (χ2n) is 7.24. The first kappa shape index (κ1) is 17.5. The lowest BCUT2D eigenvalue weighted by molar-refractivity contribution is -0.147.